The number of carbonyl (C=O) groups excluding carboxylic acids is 3. The zero-order valence-corrected chi connectivity index (χ0v) is 13.4. The van der Waals surface area contributed by atoms with Gasteiger partial charge in [0, 0.05) is 43.9 Å². The van der Waals surface area contributed by atoms with Crippen LogP contribution in [-0.2, 0) is 9.53 Å². The van der Waals surface area contributed by atoms with Gasteiger partial charge in [-0.25, -0.2) is 0 Å². The fourth-order valence-corrected chi connectivity index (χ4v) is 3.09. The highest BCUT2D eigenvalue weighted by molar-refractivity contribution is 5.99. The van der Waals surface area contributed by atoms with Crippen molar-refractivity contribution in [1.82, 2.24) is 9.80 Å². The van der Waals surface area contributed by atoms with E-state index < -0.39 is 5.91 Å². The van der Waals surface area contributed by atoms with Crippen molar-refractivity contribution in [3.8, 4) is 0 Å². The van der Waals surface area contributed by atoms with Crippen molar-refractivity contribution in [2.45, 2.75) is 18.9 Å². The lowest BCUT2D eigenvalue weighted by Gasteiger charge is -2.35. The van der Waals surface area contributed by atoms with Gasteiger partial charge in [0.15, 0.2) is 0 Å². The molecular formula is C17H21N3O4. The molecule has 0 aliphatic carbocycles. The third-order valence-corrected chi connectivity index (χ3v) is 4.48. The first kappa shape index (κ1) is 16.4. The van der Waals surface area contributed by atoms with E-state index in [4.69, 9.17) is 10.5 Å². The van der Waals surface area contributed by atoms with E-state index in [0.29, 0.717) is 43.9 Å². The van der Waals surface area contributed by atoms with Crippen LogP contribution >= 0.6 is 0 Å². The third kappa shape index (κ3) is 3.41. The van der Waals surface area contributed by atoms with Crippen LogP contribution in [0.4, 0.5) is 0 Å². The number of benzene rings is 1. The molecule has 2 aliphatic rings. The molecule has 1 atom stereocenters. The summed E-state index contributed by atoms with van der Waals surface area (Å²) in [5.41, 5.74) is 6.00. The molecule has 24 heavy (non-hydrogen) atoms. The van der Waals surface area contributed by atoms with Crippen LogP contribution in [0.3, 0.4) is 0 Å². The smallest absolute Gasteiger partial charge is 0.253 e. The van der Waals surface area contributed by atoms with Crippen LogP contribution in [0, 0.1) is 0 Å². The average molecular weight is 331 g/mol. The number of amides is 3. The van der Waals surface area contributed by atoms with Crippen LogP contribution in [-0.4, -0.2) is 66.4 Å². The van der Waals surface area contributed by atoms with Gasteiger partial charge in [-0.2, -0.15) is 0 Å². The fourth-order valence-electron chi connectivity index (χ4n) is 3.09. The van der Waals surface area contributed by atoms with Crippen molar-refractivity contribution >= 4 is 17.7 Å². The minimum atomic E-state index is -0.559. The molecule has 1 unspecified atom stereocenters. The molecule has 2 aliphatic heterocycles. The maximum absolute atomic E-state index is 12.6. The number of hydrogen-bond donors (Lipinski definition) is 1. The lowest BCUT2D eigenvalue weighted by molar-refractivity contribution is -0.142. The van der Waals surface area contributed by atoms with Crippen molar-refractivity contribution < 1.29 is 19.1 Å². The van der Waals surface area contributed by atoms with E-state index in [9.17, 15) is 14.4 Å². The Morgan fingerprint density at radius 3 is 2.33 bits per heavy atom. The van der Waals surface area contributed by atoms with E-state index in [1.807, 2.05) is 0 Å². The molecule has 0 saturated carbocycles. The Bertz CT molecular complexity index is 647. The largest absolute Gasteiger partial charge is 0.368 e. The van der Waals surface area contributed by atoms with Crippen molar-refractivity contribution in [3.63, 3.8) is 0 Å². The molecular weight excluding hydrogens is 310 g/mol. The minimum absolute atomic E-state index is 0.0234. The van der Waals surface area contributed by atoms with Gasteiger partial charge >= 0.3 is 0 Å². The van der Waals surface area contributed by atoms with Crippen LogP contribution < -0.4 is 5.73 Å². The van der Waals surface area contributed by atoms with Crippen molar-refractivity contribution in [1.29, 1.82) is 0 Å². The molecule has 0 bridgehead atoms. The molecule has 2 saturated heterocycles. The SMILES string of the molecule is NC(=O)c1cccc(C(=O)N2CCN(C(=O)C3CCCO3)CC2)c1. The Balaban J connectivity index is 1.60. The van der Waals surface area contributed by atoms with Crippen molar-refractivity contribution in [2.24, 2.45) is 5.73 Å². The minimum Gasteiger partial charge on any atom is -0.368 e. The molecule has 0 radical (unpaired) electrons. The quantitative estimate of drug-likeness (QED) is 0.859. The average Bonchev–Trinajstić information content (AvgIpc) is 3.15. The predicted molar refractivity (Wildman–Crippen MR) is 86.4 cm³/mol. The normalized spacial score (nSPS) is 20.9. The van der Waals surface area contributed by atoms with E-state index in [2.05, 4.69) is 0 Å². The van der Waals surface area contributed by atoms with Crippen LogP contribution in [0.25, 0.3) is 0 Å². The number of piperazine rings is 1. The van der Waals surface area contributed by atoms with Crippen LogP contribution in [0.15, 0.2) is 24.3 Å². The van der Waals surface area contributed by atoms with Gasteiger partial charge in [-0.3, -0.25) is 14.4 Å². The third-order valence-electron chi connectivity index (χ3n) is 4.48. The molecule has 7 nitrogen and oxygen atoms in total. The first-order valence-corrected chi connectivity index (χ1v) is 8.16. The maximum atomic E-state index is 12.6. The molecule has 2 N–H and O–H groups in total. The summed E-state index contributed by atoms with van der Waals surface area (Å²) in [7, 11) is 0. The second-order valence-electron chi connectivity index (χ2n) is 6.06. The first-order chi connectivity index (χ1) is 11.6. The summed E-state index contributed by atoms with van der Waals surface area (Å²) >= 11 is 0. The molecule has 0 aromatic heterocycles. The number of nitrogens with two attached hydrogens (primary N) is 1. The second kappa shape index (κ2) is 7.00. The zero-order chi connectivity index (χ0) is 17.1. The fraction of sp³-hybridized carbons (Fsp3) is 0.471. The van der Waals surface area contributed by atoms with Gasteiger partial charge in [0.25, 0.3) is 11.8 Å². The number of carbonyl (C=O) groups is 3. The Morgan fingerprint density at radius 1 is 1.04 bits per heavy atom. The summed E-state index contributed by atoms with van der Waals surface area (Å²) in [6.45, 7) is 2.58. The molecule has 2 heterocycles. The Kier molecular flexibility index (Phi) is 4.80. The Hall–Kier alpha value is -2.41. The van der Waals surface area contributed by atoms with Crippen molar-refractivity contribution in [2.75, 3.05) is 32.8 Å². The summed E-state index contributed by atoms with van der Waals surface area (Å²) in [4.78, 5) is 39.6. The highest BCUT2D eigenvalue weighted by Gasteiger charge is 2.31. The van der Waals surface area contributed by atoms with E-state index in [0.717, 1.165) is 12.8 Å². The topological polar surface area (TPSA) is 92.9 Å². The first-order valence-electron chi connectivity index (χ1n) is 8.16. The van der Waals surface area contributed by atoms with E-state index in [1.165, 1.54) is 6.07 Å². The van der Waals surface area contributed by atoms with Gasteiger partial charge in [-0.15, -0.1) is 0 Å². The Morgan fingerprint density at radius 2 is 1.71 bits per heavy atom. The molecule has 0 spiro atoms. The lowest BCUT2D eigenvalue weighted by atomic mass is 10.1. The van der Waals surface area contributed by atoms with Gasteiger partial charge < -0.3 is 20.3 Å². The monoisotopic (exact) mass is 331 g/mol. The van der Waals surface area contributed by atoms with Gasteiger partial charge in [0.1, 0.15) is 6.10 Å². The summed E-state index contributed by atoms with van der Waals surface area (Å²) in [6.07, 6.45) is 1.38. The van der Waals surface area contributed by atoms with E-state index in [-0.39, 0.29) is 17.9 Å². The number of ether oxygens (including phenoxy) is 1. The number of rotatable bonds is 3. The Labute approximate surface area is 140 Å². The molecule has 7 heteroatoms. The number of primary amides is 1. The number of hydrogen-bond acceptors (Lipinski definition) is 4. The van der Waals surface area contributed by atoms with Gasteiger partial charge in [-0.05, 0) is 31.0 Å². The van der Waals surface area contributed by atoms with E-state index in [1.54, 1.807) is 28.0 Å². The van der Waals surface area contributed by atoms with Crippen molar-refractivity contribution in [3.05, 3.63) is 35.4 Å². The molecule has 2 fully saturated rings. The summed E-state index contributed by atoms with van der Waals surface area (Å²) < 4.78 is 5.43. The van der Waals surface area contributed by atoms with Gasteiger partial charge in [0.05, 0.1) is 0 Å². The number of nitrogens with zero attached hydrogens (tertiary/aromatic N) is 2. The molecule has 1 aromatic carbocycles. The zero-order valence-electron chi connectivity index (χ0n) is 13.4. The maximum Gasteiger partial charge on any atom is 0.253 e. The molecule has 128 valence electrons. The van der Waals surface area contributed by atoms with Crippen LogP contribution in [0.5, 0.6) is 0 Å². The lowest BCUT2D eigenvalue weighted by Crippen LogP contribution is -2.52. The summed E-state index contributed by atoms with van der Waals surface area (Å²) in [5.74, 6) is -0.686. The summed E-state index contributed by atoms with van der Waals surface area (Å²) in [5, 5.41) is 0. The summed E-state index contributed by atoms with van der Waals surface area (Å²) in [6, 6.07) is 6.40. The molecule has 3 amide bonds. The van der Waals surface area contributed by atoms with Gasteiger partial charge in [-0.1, -0.05) is 6.07 Å². The second-order valence-corrected chi connectivity index (χ2v) is 6.06. The van der Waals surface area contributed by atoms with E-state index >= 15 is 0 Å². The van der Waals surface area contributed by atoms with Crippen LogP contribution in [0.2, 0.25) is 0 Å². The highest BCUT2D eigenvalue weighted by atomic mass is 16.5. The predicted octanol–water partition coefficient (Wildman–Crippen LogP) is 0.249. The highest BCUT2D eigenvalue weighted by Crippen LogP contribution is 2.17. The molecule has 1 aromatic rings. The standard InChI is InChI=1S/C17H21N3O4/c18-15(21)12-3-1-4-13(11-12)16(22)19-6-8-20(9-7-19)17(23)14-5-2-10-24-14/h1,3-4,11,14H,2,5-10H2,(H2,18,21). The van der Waals surface area contributed by atoms with Gasteiger partial charge in [0.2, 0.25) is 5.91 Å². The van der Waals surface area contributed by atoms with Crippen LogP contribution in [0.1, 0.15) is 33.6 Å². The molecule has 3 rings (SSSR count).